The highest BCUT2D eigenvalue weighted by Crippen LogP contribution is 2.25. The maximum Gasteiger partial charge on any atom is 0.143 e. The highest BCUT2D eigenvalue weighted by Gasteiger charge is 2.19. The Kier molecular flexibility index (Phi) is 1.78. The predicted octanol–water partition coefficient (Wildman–Crippen LogP) is 2.76. The van der Waals surface area contributed by atoms with Crippen molar-refractivity contribution in [2.75, 3.05) is 0 Å². The van der Waals surface area contributed by atoms with E-state index in [1.807, 2.05) is 0 Å². The molecule has 1 aromatic rings. The van der Waals surface area contributed by atoms with E-state index in [0.717, 1.165) is 11.3 Å². The fraction of sp³-hybridized carbons (Fsp3) is 0.556. The van der Waals surface area contributed by atoms with Gasteiger partial charge < -0.3 is 4.98 Å². The van der Waals surface area contributed by atoms with Crippen molar-refractivity contribution in [3.8, 4) is 0 Å². The van der Waals surface area contributed by atoms with E-state index in [-0.39, 0.29) is 11.2 Å². The third-order valence-corrected chi connectivity index (χ3v) is 1.83. The molecule has 0 radical (unpaired) electrons. The highest BCUT2D eigenvalue weighted by atomic mass is 19.1. The van der Waals surface area contributed by atoms with Gasteiger partial charge in [0.05, 0.1) is 0 Å². The Morgan fingerprint density at radius 2 is 1.91 bits per heavy atom. The van der Waals surface area contributed by atoms with Crippen molar-refractivity contribution in [3.05, 3.63) is 23.3 Å². The maximum absolute atomic E-state index is 12.8. The van der Waals surface area contributed by atoms with E-state index >= 15 is 0 Å². The van der Waals surface area contributed by atoms with Crippen molar-refractivity contribution in [1.29, 1.82) is 0 Å². The normalized spacial score (nSPS) is 12.1. The second-order valence-electron chi connectivity index (χ2n) is 3.89. The van der Waals surface area contributed by atoms with Crippen molar-refractivity contribution in [1.82, 2.24) is 4.98 Å². The molecule has 1 aromatic heterocycles. The van der Waals surface area contributed by atoms with E-state index in [9.17, 15) is 4.39 Å². The topological polar surface area (TPSA) is 15.8 Å². The lowest BCUT2D eigenvalue weighted by Crippen LogP contribution is -2.13. The molecule has 0 fully saturated rings. The minimum absolute atomic E-state index is 0.00836. The van der Waals surface area contributed by atoms with Crippen LogP contribution in [0.5, 0.6) is 0 Å². The number of aromatic amines is 1. The number of rotatable bonds is 0. The van der Waals surface area contributed by atoms with E-state index in [4.69, 9.17) is 0 Å². The van der Waals surface area contributed by atoms with Gasteiger partial charge >= 0.3 is 0 Å². The van der Waals surface area contributed by atoms with Gasteiger partial charge in [0.1, 0.15) is 5.82 Å². The summed E-state index contributed by atoms with van der Waals surface area (Å²) >= 11 is 0. The minimum atomic E-state index is -0.144. The van der Waals surface area contributed by atoms with E-state index in [2.05, 4.69) is 25.8 Å². The average molecular weight is 155 g/mol. The zero-order valence-electron chi connectivity index (χ0n) is 7.46. The molecule has 0 saturated heterocycles. The van der Waals surface area contributed by atoms with E-state index in [0.29, 0.717) is 0 Å². The molecule has 0 bridgehead atoms. The summed E-state index contributed by atoms with van der Waals surface area (Å²) in [6, 6.07) is 0. The Hall–Kier alpha value is -0.790. The summed E-state index contributed by atoms with van der Waals surface area (Å²) in [5.74, 6) is -0.144. The van der Waals surface area contributed by atoms with Crippen LogP contribution in [0.4, 0.5) is 4.39 Å². The molecule has 1 rings (SSSR count). The van der Waals surface area contributed by atoms with Gasteiger partial charge in [-0.25, -0.2) is 4.39 Å². The number of halogens is 1. The molecule has 0 atom stereocenters. The van der Waals surface area contributed by atoms with E-state index < -0.39 is 0 Å². The Morgan fingerprint density at radius 1 is 1.36 bits per heavy atom. The second kappa shape index (κ2) is 2.36. The molecular formula is C9H14FN. The SMILES string of the molecule is Cc1c(F)c[nH]c1C(C)(C)C. The molecule has 11 heavy (non-hydrogen) atoms. The summed E-state index contributed by atoms with van der Waals surface area (Å²) in [6.07, 6.45) is 1.41. The quantitative estimate of drug-likeness (QED) is 0.593. The molecule has 0 spiro atoms. The summed E-state index contributed by atoms with van der Waals surface area (Å²) in [5, 5.41) is 0. The number of hydrogen-bond donors (Lipinski definition) is 1. The molecule has 2 heteroatoms. The van der Waals surface area contributed by atoms with Gasteiger partial charge in [-0.1, -0.05) is 20.8 Å². The van der Waals surface area contributed by atoms with Crippen molar-refractivity contribution >= 4 is 0 Å². The second-order valence-corrected chi connectivity index (χ2v) is 3.89. The Labute approximate surface area is 66.6 Å². The fourth-order valence-corrected chi connectivity index (χ4v) is 1.25. The molecular weight excluding hydrogens is 141 g/mol. The molecule has 0 aliphatic rings. The average Bonchev–Trinajstić information content (AvgIpc) is 2.11. The van der Waals surface area contributed by atoms with Crippen LogP contribution in [0.2, 0.25) is 0 Å². The van der Waals surface area contributed by atoms with Crippen LogP contribution in [0, 0.1) is 12.7 Å². The van der Waals surface area contributed by atoms with Gasteiger partial charge in [-0.05, 0) is 6.92 Å². The number of H-pyrrole nitrogens is 1. The Morgan fingerprint density at radius 3 is 2.09 bits per heavy atom. The monoisotopic (exact) mass is 155 g/mol. The summed E-state index contributed by atoms with van der Waals surface area (Å²) in [4.78, 5) is 2.94. The first-order valence-corrected chi connectivity index (χ1v) is 3.77. The van der Waals surface area contributed by atoms with Gasteiger partial charge in [-0.3, -0.25) is 0 Å². The van der Waals surface area contributed by atoms with E-state index in [1.54, 1.807) is 6.92 Å². The summed E-state index contributed by atoms with van der Waals surface area (Å²) < 4.78 is 12.8. The van der Waals surface area contributed by atoms with Gasteiger partial charge in [0.25, 0.3) is 0 Å². The zero-order chi connectivity index (χ0) is 8.65. The lowest BCUT2D eigenvalue weighted by molar-refractivity contribution is 0.563. The largest absolute Gasteiger partial charge is 0.362 e. The molecule has 0 amide bonds. The molecule has 0 aromatic carbocycles. The van der Waals surface area contributed by atoms with Gasteiger partial charge in [-0.2, -0.15) is 0 Å². The van der Waals surface area contributed by atoms with Gasteiger partial charge in [0.2, 0.25) is 0 Å². The lowest BCUT2D eigenvalue weighted by Gasteiger charge is -2.17. The van der Waals surface area contributed by atoms with Crippen molar-refractivity contribution in [2.24, 2.45) is 0 Å². The van der Waals surface area contributed by atoms with Crippen LogP contribution < -0.4 is 0 Å². The van der Waals surface area contributed by atoms with Crippen molar-refractivity contribution in [3.63, 3.8) is 0 Å². The summed E-state index contributed by atoms with van der Waals surface area (Å²) in [6.45, 7) is 7.98. The smallest absolute Gasteiger partial charge is 0.143 e. The predicted molar refractivity (Wildman–Crippen MR) is 44.2 cm³/mol. The highest BCUT2D eigenvalue weighted by molar-refractivity contribution is 5.26. The van der Waals surface area contributed by atoms with Gasteiger partial charge in [0, 0.05) is 22.9 Å². The third kappa shape index (κ3) is 1.44. The summed E-state index contributed by atoms with van der Waals surface area (Å²) in [5.41, 5.74) is 1.72. The third-order valence-electron chi connectivity index (χ3n) is 1.83. The molecule has 1 N–H and O–H groups in total. The zero-order valence-corrected chi connectivity index (χ0v) is 7.46. The first-order valence-electron chi connectivity index (χ1n) is 3.77. The molecule has 1 nitrogen and oxygen atoms in total. The first-order chi connectivity index (χ1) is 4.93. The van der Waals surface area contributed by atoms with E-state index in [1.165, 1.54) is 6.20 Å². The van der Waals surface area contributed by atoms with Gasteiger partial charge in [0.15, 0.2) is 0 Å². The standard InChI is InChI=1S/C9H14FN/c1-6-7(10)5-11-8(6)9(2,3)4/h5,11H,1-4H3. The molecule has 62 valence electrons. The van der Waals surface area contributed by atoms with Crippen LogP contribution in [0.1, 0.15) is 32.0 Å². The summed E-state index contributed by atoms with van der Waals surface area (Å²) in [7, 11) is 0. The Balaban J connectivity index is 3.15. The van der Waals surface area contributed by atoms with Crippen LogP contribution in [0.25, 0.3) is 0 Å². The van der Waals surface area contributed by atoms with Crippen LogP contribution in [-0.2, 0) is 5.41 Å². The maximum atomic E-state index is 12.8. The number of nitrogens with one attached hydrogen (secondary N) is 1. The molecule has 1 heterocycles. The molecule has 0 aliphatic heterocycles. The van der Waals surface area contributed by atoms with Crippen LogP contribution >= 0.6 is 0 Å². The lowest BCUT2D eigenvalue weighted by atomic mass is 9.90. The molecule has 0 unspecified atom stereocenters. The minimum Gasteiger partial charge on any atom is -0.362 e. The molecule has 0 saturated carbocycles. The van der Waals surface area contributed by atoms with Gasteiger partial charge in [-0.15, -0.1) is 0 Å². The first kappa shape index (κ1) is 8.31. The van der Waals surface area contributed by atoms with Crippen molar-refractivity contribution < 1.29 is 4.39 Å². The van der Waals surface area contributed by atoms with Crippen LogP contribution in [0.15, 0.2) is 6.20 Å². The molecule has 0 aliphatic carbocycles. The fourth-order valence-electron chi connectivity index (χ4n) is 1.25. The van der Waals surface area contributed by atoms with Crippen molar-refractivity contribution in [2.45, 2.75) is 33.1 Å². The number of aromatic nitrogens is 1. The number of hydrogen-bond acceptors (Lipinski definition) is 0. The van der Waals surface area contributed by atoms with Crippen LogP contribution in [0.3, 0.4) is 0 Å². The van der Waals surface area contributed by atoms with Crippen LogP contribution in [-0.4, -0.2) is 4.98 Å². The Bertz CT molecular complexity index is 255.